The molecule has 0 spiro atoms. The molecule has 0 unspecified atom stereocenters. The first-order valence-corrected chi connectivity index (χ1v) is 8.05. The normalized spacial score (nSPS) is 14.2. The van der Waals surface area contributed by atoms with Gasteiger partial charge in [0.1, 0.15) is 6.42 Å². The lowest BCUT2D eigenvalue weighted by Crippen LogP contribution is -2.51. The third-order valence-corrected chi connectivity index (χ3v) is 3.77. The number of carbonyl (C=O) groups is 3. The summed E-state index contributed by atoms with van der Waals surface area (Å²) in [5.41, 5.74) is 1.72. The molecule has 0 aromatic heterocycles. The molecule has 7 nitrogen and oxygen atoms in total. The number of hydrogen-bond donors (Lipinski definition) is 1. The van der Waals surface area contributed by atoms with Gasteiger partial charge in [0.25, 0.3) is 0 Å². The summed E-state index contributed by atoms with van der Waals surface area (Å²) in [4.78, 5) is 39.0. The van der Waals surface area contributed by atoms with Crippen molar-refractivity contribution in [2.24, 2.45) is 0 Å². The first kappa shape index (κ1) is 17.8. The third kappa shape index (κ3) is 4.97. The first-order valence-electron chi connectivity index (χ1n) is 8.05. The number of nitrogens with zero attached hydrogens (tertiary/aromatic N) is 2. The Morgan fingerprint density at radius 1 is 1.12 bits per heavy atom. The molecule has 2 rings (SSSR count). The van der Waals surface area contributed by atoms with Gasteiger partial charge in [-0.2, -0.15) is 0 Å². The van der Waals surface area contributed by atoms with Crippen LogP contribution in [0.25, 0.3) is 0 Å². The molecule has 24 heavy (non-hydrogen) atoms. The van der Waals surface area contributed by atoms with Crippen LogP contribution in [0.1, 0.15) is 18.9 Å². The summed E-state index contributed by atoms with van der Waals surface area (Å²) >= 11 is 0. The third-order valence-electron chi connectivity index (χ3n) is 3.77. The minimum absolute atomic E-state index is 0.201. The van der Waals surface area contributed by atoms with Gasteiger partial charge in [-0.15, -0.1) is 0 Å². The summed E-state index contributed by atoms with van der Waals surface area (Å²) in [7, 11) is 0. The van der Waals surface area contributed by atoms with Crippen molar-refractivity contribution >= 4 is 23.6 Å². The monoisotopic (exact) mass is 333 g/mol. The molecule has 1 N–H and O–H groups in total. The van der Waals surface area contributed by atoms with Crippen LogP contribution in [0, 0.1) is 6.92 Å². The van der Waals surface area contributed by atoms with E-state index < -0.39 is 0 Å². The van der Waals surface area contributed by atoms with E-state index in [-0.39, 0.29) is 24.3 Å². The van der Waals surface area contributed by atoms with Crippen molar-refractivity contribution in [3.8, 4) is 0 Å². The molecule has 1 aliphatic heterocycles. The van der Waals surface area contributed by atoms with Crippen LogP contribution in [0.4, 0.5) is 10.5 Å². The fraction of sp³-hybridized carbons (Fsp3) is 0.471. The van der Waals surface area contributed by atoms with E-state index in [1.165, 1.54) is 0 Å². The van der Waals surface area contributed by atoms with Crippen molar-refractivity contribution in [3.05, 3.63) is 29.8 Å². The van der Waals surface area contributed by atoms with Crippen molar-refractivity contribution < 1.29 is 19.1 Å². The second-order valence-corrected chi connectivity index (χ2v) is 5.66. The molecule has 0 radical (unpaired) electrons. The fourth-order valence-electron chi connectivity index (χ4n) is 2.53. The molecule has 1 fully saturated rings. The maximum Gasteiger partial charge on any atom is 0.409 e. The minimum Gasteiger partial charge on any atom is -0.450 e. The summed E-state index contributed by atoms with van der Waals surface area (Å²) in [6, 6.07) is 7.42. The summed E-state index contributed by atoms with van der Waals surface area (Å²) in [6.07, 6.45) is -0.560. The predicted octanol–water partition coefficient (Wildman–Crippen LogP) is 1.62. The molecule has 1 aromatic carbocycles. The second kappa shape index (κ2) is 8.33. The Morgan fingerprint density at radius 2 is 1.79 bits per heavy atom. The van der Waals surface area contributed by atoms with Crippen LogP contribution in [0.15, 0.2) is 24.3 Å². The number of hydrogen-bond acceptors (Lipinski definition) is 4. The average Bonchev–Trinajstić information content (AvgIpc) is 2.55. The number of piperazine rings is 1. The molecule has 1 saturated heterocycles. The Balaban J connectivity index is 1.79. The van der Waals surface area contributed by atoms with E-state index in [9.17, 15) is 14.4 Å². The van der Waals surface area contributed by atoms with E-state index in [1.807, 2.05) is 25.1 Å². The topological polar surface area (TPSA) is 79.0 Å². The van der Waals surface area contributed by atoms with E-state index in [0.717, 1.165) is 5.56 Å². The Kier molecular flexibility index (Phi) is 6.17. The maximum atomic E-state index is 12.2. The van der Waals surface area contributed by atoms with Gasteiger partial charge in [0, 0.05) is 31.9 Å². The van der Waals surface area contributed by atoms with Crippen LogP contribution >= 0.6 is 0 Å². The number of carbonyl (C=O) groups excluding carboxylic acids is 3. The smallest absolute Gasteiger partial charge is 0.409 e. The van der Waals surface area contributed by atoms with Crippen molar-refractivity contribution in [1.29, 1.82) is 0 Å². The predicted molar refractivity (Wildman–Crippen MR) is 89.6 cm³/mol. The van der Waals surface area contributed by atoms with Crippen LogP contribution in [0.2, 0.25) is 0 Å². The largest absolute Gasteiger partial charge is 0.450 e. The summed E-state index contributed by atoms with van der Waals surface area (Å²) < 4.78 is 4.94. The highest BCUT2D eigenvalue weighted by molar-refractivity contribution is 6.03. The standard InChI is InChI=1S/C17H23N3O4/c1-3-24-17(23)20-9-7-19(8-10-20)16(22)12-15(21)18-14-6-4-5-13(2)11-14/h4-6,11H,3,7-10,12H2,1-2H3,(H,18,21). The summed E-state index contributed by atoms with van der Waals surface area (Å²) in [5.74, 6) is -0.568. The number of rotatable bonds is 4. The van der Waals surface area contributed by atoms with Gasteiger partial charge < -0.3 is 19.9 Å². The number of aryl methyl sites for hydroxylation is 1. The highest BCUT2D eigenvalue weighted by Gasteiger charge is 2.25. The van der Waals surface area contributed by atoms with Gasteiger partial charge in [0.15, 0.2) is 0 Å². The van der Waals surface area contributed by atoms with Crippen molar-refractivity contribution in [2.75, 3.05) is 38.1 Å². The molecule has 1 aromatic rings. The zero-order valence-electron chi connectivity index (χ0n) is 14.1. The molecule has 0 bridgehead atoms. The molecular formula is C17H23N3O4. The van der Waals surface area contributed by atoms with E-state index >= 15 is 0 Å². The highest BCUT2D eigenvalue weighted by Crippen LogP contribution is 2.11. The van der Waals surface area contributed by atoms with Crippen molar-refractivity contribution in [1.82, 2.24) is 9.80 Å². The van der Waals surface area contributed by atoms with Gasteiger partial charge in [-0.3, -0.25) is 9.59 Å². The van der Waals surface area contributed by atoms with E-state index in [0.29, 0.717) is 38.5 Å². The van der Waals surface area contributed by atoms with Gasteiger partial charge in [0.05, 0.1) is 6.61 Å². The molecule has 1 heterocycles. The maximum absolute atomic E-state index is 12.2. The number of benzene rings is 1. The molecule has 0 aliphatic carbocycles. The minimum atomic E-state index is -0.359. The molecule has 1 aliphatic rings. The van der Waals surface area contributed by atoms with Crippen LogP contribution < -0.4 is 5.32 Å². The lowest BCUT2D eigenvalue weighted by Gasteiger charge is -2.34. The van der Waals surface area contributed by atoms with Crippen molar-refractivity contribution in [3.63, 3.8) is 0 Å². The number of ether oxygens (including phenoxy) is 1. The molecule has 3 amide bonds. The van der Waals surface area contributed by atoms with Crippen LogP contribution in [-0.2, 0) is 14.3 Å². The Labute approximate surface area is 141 Å². The van der Waals surface area contributed by atoms with Crippen molar-refractivity contribution in [2.45, 2.75) is 20.3 Å². The van der Waals surface area contributed by atoms with Gasteiger partial charge in [-0.1, -0.05) is 12.1 Å². The Morgan fingerprint density at radius 3 is 2.42 bits per heavy atom. The average molecular weight is 333 g/mol. The van der Waals surface area contributed by atoms with E-state index in [2.05, 4.69) is 5.32 Å². The number of nitrogens with one attached hydrogen (secondary N) is 1. The number of amides is 3. The van der Waals surface area contributed by atoms with Crippen LogP contribution in [-0.4, -0.2) is 60.5 Å². The molecule has 130 valence electrons. The van der Waals surface area contributed by atoms with Crippen LogP contribution in [0.3, 0.4) is 0 Å². The van der Waals surface area contributed by atoms with Gasteiger partial charge in [-0.25, -0.2) is 4.79 Å². The van der Waals surface area contributed by atoms with Gasteiger partial charge in [-0.05, 0) is 31.5 Å². The fourth-order valence-corrected chi connectivity index (χ4v) is 2.53. The van der Waals surface area contributed by atoms with Gasteiger partial charge in [0.2, 0.25) is 11.8 Å². The van der Waals surface area contributed by atoms with E-state index in [4.69, 9.17) is 4.74 Å². The van der Waals surface area contributed by atoms with E-state index in [1.54, 1.807) is 22.8 Å². The number of anilines is 1. The zero-order valence-corrected chi connectivity index (χ0v) is 14.1. The first-order chi connectivity index (χ1) is 11.5. The SMILES string of the molecule is CCOC(=O)N1CCN(C(=O)CC(=O)Nc2cccc(C)c2)CC1. The quantitative estimate of drug-likeness (QED) is 0.849. The lowest BCUT2D eigenvalue weighted by molar-refractivity contribution is -0.135. The molecule has 0 saturated carbocycles. The highest BCUT2D eigenvalue weighted by atomic mass is 16.6. The Bertz CT molecular complexity index is 610. The zero-order chi connectivity index (χ0) is 17.5. The van der Waals surface area contributed by atoms with Crippen LogP contribution in [0.5, 0.6) is 0 Å². The lowest BCUT2D eigenvalue weighted by atomic mass is 10.2. The second-order valence-electron chi connectivity index (χ2n) is 5.66. The molecule has 0 atom stereocenters. The molecule has 7 heteroatoms. The molecular weight excluding hydrogens is 310 g/mol. The Hall–Kier alpha value is -2.57. The summed E-state index contributed by atoms with van der Waals surface area (Å²) in [6.45, 7) is 5.68. The summed E-state index contributed by atoms with van der Waals surface area (Å²) in [5, 5.41) is 2.73. The van der Waals surface area contributed by atoms with Gasteiger partial charge >= 0.3 is 6.09 Å².